The van der Waals surface area contributed by atoms with Gasteiger partial charge in [0, 0.05) is 10.5 Å². The Hall–Kier alpha value is -1.64. The molecule has 0 aliphatic carbocycles. The fraction of sp³-hybridized carbons (Fsp3) is 0. The van der Waals surface area contributed by atoms with Crippen molar-refractivity contribution in [2.24, 2.45) is 5.14 Å². The van der Waals surface area contributed by atoms with Crippen molar-refractivity contribution in [3.63, 3.8) is 0 Å². The topological polar surface area (TPSA) is 95.4 Å². The second kappa shape index (κ2) is 5.39. The van der Waals surface area contributed by atoms with E-state index in [-0.39, 0.29) is 22.1 Å². The molecule has 20 heavy (non-hydrogen) atoms. The number of anilines is 1. The molecule has 0 bridgehead atoms. The minimum atomic E-state index is -3.90. The minimum absolute atomic E-state index is 0.00374. The molecule has 0 heterocycles. The quantitative estimate of drug-likeness (QED) is 0.822. The lowest BCUT2D eigenvalue weighted by Crippen LogP contribution is -2.14. The van der Waals surface area contributed by atoms with Gasteiger partial charge < -0.3 is 10.5 Å². The van der Waals surface area contributed by atoms with E-state index in [1.54, 1.807) is 6.07 Å². The molecule has 0 radical (unpaired) electrons. The molecule has 0 amide bonds. The number of rotatable bonds is 3. The van der Waals surface area contributed by atoms with Gasteiger partial charge in [-0.2, -0.15) is 0 Å². The molecule has 0 aromatic heterocycles. The van der Waals surface area contributed by atoms with Crippen LogP contribution in [-0.2, 0) is 10.0 Å². The van der Waals surface area contributed by atoms with Gasteiger partial charge in [0.05, 0.1) is 5.69 Å². The highest BCUT2D eigenvalue weighted by molar-refractivity contribution is 9.10. The predicted molar refractivity (Wildman–Crippen MR) is 76.4 cm³/mol. The molecule has 2 aromatic rings. The molecule has 0 aliphatic rings. The third-order valence-electron chi connectivity index (χ3n) is 2.41. The van der Waals surface area contributed by atoms with Crippen molar-refractivity contribution in [3.8, 4) is 11.5 Å². The van der Waals surface area contributed by atoms with Crippen molar-refractivity contribution in [2.75, 3.05) is 5.73 Å². The summed E-state index contributed by atoms with van der Waals surface area (Å²) in [6, 6.07) is 8.11. The van der Waals surface area contributed by atoms with Gasteiger partial charge in [-0.25, -0.2) is 17.9 Å². The van der Waals surface area contributed by atoms with Gasteiger partial charge in [0.15, 0.2) is 11.6 Å². The summed E-state index contributed by atoms with van der Waals surface area (Å²) in [5.41, 5.74) is 5.52. The smallest absolute Gasteiger partial charge is 0.240 e. The van der Waals surface area contributed by atoms with Crippen LogP contribution in [-0.4, -0.2) is 8.42 Å². The Kier molecular flexibility index (Phi) is 3.98. The zero-order chi connectivity index (χ0) is 14.9. The summed E-state index contributed by atoms with van der Waals surface area (Å²) in [6.45, 7) is 0. The van der Waals surface area contributed by atoms with Crippen LogP contribution in [0.2, 0.25) is 0 Å². The van der Waals surface area contributed by atoms with Crippen LogP contribution < -0.4 is 15.6 Å². The monoisotopic (exact) mass is 360 g/mol. The number of sulfonamides is 1. The van der Waals surface area contributed by atoms with Crippen LogP contribution in [0.15, 0.2) is 45.8 Å². The summed E-state index contributed by atoms with van der Waals surface area (Å²) in [7, 11) is -3.90. The first-order valence-electron chi connectivity index (χ1n) is 5.32. The fourth-order valence-corrected chi connectivity index (χ4v) is 2.51. The normalized spacial score (nSPS) is 11.3. The molecule has 0 saturated heterocycles. The van der Waals surface area contributed by atoms with Gasteiger partial charge >= 0.3 is 0 Å². The summed E-state index contributed by atoms with van der Waals surface area (Å²) in [6.07, 6.45) is 0. The van der Waals surface area contributed by atoms with E-state index in [1.807, 2.05) is 0 Å². The molecule has 0 spiro atoms. The van der Waals surface area contributed by atoms with Crippen molar-refractivity contribution >= 4 is 31.6 Å². The maximum atomic E-state index is 13.6. The summed E-state index contributed by atoms with van der Waals surface area (Å²) < 4.78 is 41.9. The fourth-order valence-electron chi connectivity index (χ4n) is 1.53. The number of hydrogen-bond acceptors (Lipinski definition) is 4. The van der Waals surface area contributed by atoms with Crippen LogP contribution in [0.3, 0.4) is 0 Å². The highest BCUT2D eigenvalue weighted by atomic mass is 79.9. The van der Waals surface area contributed by atoms with Crippen molar-refractivity contribution in [1.82, 2.24) is 0 Å². The molecule has 106 valence electrons. The van der Waals surface area contributed by atoms with E-state index in [0.717, 1.165) is 0 Å². The van der Waals surface area contributed by atoms with E-state index in [0.29, 0.717) is 4.47 Å². The molecule has 0 fully saturated rings. The molecule has 2 rings (SSSR count). The average Bonchev–Trinajstić information content (AvgIpc) is 2.31. The summed E-state index contributed by atoms with van der Waals surface area (Å²) in [5, 5.41) is 4.99. The molecule has 2 aromatic carbocycles. The Morgan fingerprint density at radius 1 is 1.15 bits per heavy atom. The van der Waals surface area contributed by atoms with Gasteiger partial charge in [0.25, 0.3) is 0 Å². The molecule has 0 atom stereocenters. The van der Waals surface area contributed by atoms with Crippen molar-refractivity contribution in [1.29, 1.82) is 0 Å². The Morgan fingerprint density at radius 2 is 1.85 bits per heavy atom. The first-order valence-corrected chi connectivity index (χ1v) is 7.66. The molecular weight excluding hydrogens is 351 g/mol. The molecule has 8 heteroatoms. The molecule has 5 nitrogen and oxygen atoms in total. The van der Waals surface area contributed by atoms with E-state index in [9.17, 15) is 12.8 Å². The number of benzene rings is 2. The van der Waals surface area contributed by atoms with Crippen molar-refractivity contribution < 1.29 is 17.5 Å². The van der Waals surface area contributed by atoms with Gasteiger partial charge in [-0.3, -0.25) is 0 Å². The Labute approximate surface area is 123 Å². The summed E-state index contributed by atoms with van der Waals surface area (Å²) in [5.74, 6) is -0.361. The van der Waals surface area contributed by atoms with Gasteiger partial charge in [-0.05, 0) is 30.3 Å². The maximum Gasteiger partial charge on any atom is 0.240 e. The Morgan fingerprint density at radius 3 is 2.40 bits per heavy atom. The SMILES string of the molecule is Nc1cc(Oc2ccc(Br)cc2F)ccc1S(N)(=O)=O. The largest absolute Gasteiger partial charge is 0.454 e. The van der Waals surface area contributed by atoms with Gasteiger partial charge in [-0.1, -0.05) is 15.9 Å². The van der Waals surface area contributed by atoms with Crippen molar-refractivity contribution in [2.45, 2.75) is 4.90 Å². The minimum Gasteiger partial charge on any atom is -0.454 e. The van der Waals surface area contributed by atoms with E-state index in [1.165, 1.54) is 30.3 Å². The molecule has 0 unspecified atom stereocenters. The van der Waals surface area contributed by atoms with Crippen LogP contribution in [0.5, 0.6) is 11.5 Å². The third-order valence-corrected chi connectivity index (χ3v) is 3.89. The number of primary sulfonamides is 1. The number of hydrogen-bond donors (Lipinski definition) is 2. The van der Waals surface area contributed by atoms with E-state index in [2.05, 4.69) is 15.9 Å². The van der Waals surface area contributed by atoms with Crippen LogP contribution in [0.1, 0.15) is 0 Å². The molecule has 4 N–H and O–H groups in total. The lowest BCUT2D eigenvalue weighted by molar-refractivity contribution is 0.442. The highest BCUT2D eigenvalue weighted by Crippen LogP contribution is 2.29. The van der Waals surface area contributed by atoms with Crippen LogP contribution in [0, 0.1) is 5.82 Å². The van der Waals surface area contributed by atoms with Crippen LogP contribution in [0.4, 0.5) is 10.1 Å². The predicted octanol–water partition coefficient (Wildman–Crippen LogP) is 2.61. The lowest BCUT2D eigenvalue weighted by Gasteiger charge is -2.09. The van der Waals surface area contributed by atoms with Gasteiger partial charge in [0.2, 0.25) is 10.0 Å². The standard InChI is InChI=1S/C12H10BrFN2O3S/c13-7-1-3-11(9(14)5-7)19-8-2-4-12(10(15)6-8)20(16,17)18/h1-6H,15H2,(H2,16,17,18). The average molecular weight is 361 g/mol. The summed E-state index contributed by atoms with van der Waals surface area (Å²) >= 11 is 3.13. The van der Waals surface area contributed by atoms with Crippen LogP contribution >= 0.6 is 15.9 Å². The Balaban J connectivity index is 2.34. The molecular formula is C12H10BrFN2O3S. The second-order valence-corrected chi connectivity index (χ2v) is 6.37. The maximum absolute atomic E-state index is 13.6. The molecule has 0 aliphatic heterocycles. The highest BCUT2D eigenvalue weighted by Gasteiger charge is 2.13. The lowest BCUT2D eigenvalue weighted by atomic mass is 10.3. The number of halogens is 2. The summed E-state index contributed by atoms with van der Waals surface area (Å²) in [4.78, 5) is -0.207. The van der Waals surface area contributed by atoms with Gasteiger partial charge in [0.1, 0.15) is 10.6 Å². The zero-order valence-electron chi connectivity index (χ0n) is 10.0. The number of nitrogens with two attached hydrogens (primary N) is 2. The van der Waals surface area contributed by atoms with Crippen LogP contribution in [0.25, 0.3) is 0 Å². The first-order chi connectivity index (χ1) is 9.27. The third kappa shape index (κ3) is 3.27. The molecule has 0 saturated carbocycles. The second-order valence-electron chi connectivity index (χ2n) is 3.92. The first kappa shape index (κ1) is 14.8. The van der Waals surface area contributed by atoms with E-state index in [4.69, 9.17) is 15.6 Å². The number of ether oxygens (including phenoxy) is 1. The van der Waals surface area contributed by atoms with E-state index >= 15 is 0 Å². The zero-order valence-corrected chi connectivity index (χ0v) is 12.4. The van der Waals surface area contributed by atoms with Crippen molar-refractivity contribution in [3.05, 3.63) is 46.7 Å². The van der Waals surface area contributed by atoms with E-state index < -0.39 is 15.8 Å². The van der Waals surface area contributed by atoms with Gasteiger partial charge in [-0.15, -0.1) is 0 Å². The Bertz CT molecular complexity index is 765. The number of nitrogen functional groups attached to an aromatic ring is 1.